The minimum absolute atomic E-state index is 0.160. The van der Waals surface area contributed by atoms with E-state index in [1.807, 2.05) is 36.4 Å². The maximum Gasteiger partial charge on any atom is 0.171 e. The number of carbonyl (C=O) groups excluding carboxylic acids is 1. The molecule has 24 heavy (non-hydrogen) atoms. The quantitative estimate of drug-likeness (QED) is 0.704. The summed E-state index contributed by atoms with van der Waals surface area (Å²) in [6, 6.07) is 18.0. The van der Waals surface area contributed by atoms with Gasteiger partial charge in [-0.2, -0.15) is 0 Å². The number of aliphatic imine (C=N–C) groups is 1. The highest BCUT2D eigenvalue weighted by Gasteiger charge is 2.33. The first-order valence-electron chi connectivity index (χ1n) is 8.79. The van der Waals surface area contributed by atoms with Crippen LogP contribution < -0.4 is 0 Å². The lowest BCUT2D eigenvalue weighted by Crippen LogP contribution is -2.35. The van der Waals surface area contributed by atoms with E-state index >= 15 is 0 Å². The second-order valence-electron chi connectivity index (χ2n) is 7.21. The Balaban J connectivity index is 2.07. The van der Waals surface area contributed by atoms with Crippen LogP contribution in [0.1, 0.15) is 55.1 Å². The highest BCUT2D eigenvalue weighted by Crippen LogP contribution is 2.31. The average Bonchev–Trinajstić information content (AvgIpc) is 2.58. The molecular weight excluding hydrogens is 294 g/mol. The van der Waals surface area contributed by atoms with Gasteiger partial charge in [-0.3, -0.25) is 9.79 Å². The third-order valence-corrected chi connectivity index (χ3v) is 4.62. The number of carbonyl (C=O) groups is 1. The summed E-state index contributed by atoms with van der Waals surface area (Å²) in [4.78, 5) is 18.2. The zero-order chi connectivity index (χ0) is 17.2. The van der Waals surface area contributed by atoms with Crippen LogP contribution in [0.2, 0.25) is 0 Å². The summed E-state index contributed by atoms with van der Waals surface area (Å²) in [5.74, 6) is 0.0156. The van der Waals surface area contributed by atoms with Crippen LogP contribution >= 0.6 is 0 Å². The van der Waals surface area contributed by atoms with Crippen LogP contribution in [0.4, 0.5) is 0 Å². The zero-order valence-electron chi connectivity index (χ0n) is 14.8. The van der Waals surface area contributed by atoms with Crippen LogP contribution in [-0.2, 0) is 6.42 Å². The van der Waals surface area contributed by atoms with Crippen molar-refractivity contribution in [1.29, 1.82) is 0 Å². The molecule has 0 radical (unpaired) electrons. The number of rotatable bonds is 5. The maximum absolute atomic E-state index is 13.2. The number of hydrogen-bond donors (Lipinski definition) is 0. The Morgan fingerprint density at radius 2 is 1.75 bits per heavy atom. The summed E-state index contributed by atoms with van der Waals surface area (Å²) in [5.41, 5.74) is 4.04. The Bertz CT molecular complexity index is 759. The molecule has 2 nitrogen and oxygen atoms in total. The second-order valence-corrected chi connectivity index (χ2v) is 7.21. The van der Waals surface area contributed by atoms with Crippen LogP contribution in [0.25, 0.3) is 0 Å². The van der Waals surface area contributed by atoms with Gasteiger partial charge in [0, 0.05) is 5.56 Å². The van der Waals surface area contributed by atoms with Crippen LogP contribution in [-0.4, -0.2) is 17.0 Å². The topological polar surface area (TPSA) is 29.4 Å². The maximum atomic E-state index is 13.2. The lowest BCUT2D eigenvalue weighted by molar-refractivity contribution is 0.0949. The van der Waals surface area contributed by atoms with Crippen molar-refractivity contribution >= 4 is 11.5 Å². The molecule has 0 N–H and O–H groups in total. The van der Waals surface area contributed by atoms with Gasteiger partial charge < -0.3 is 0 Å². The normalized spacial score (nSPS) is 16.9. The molecule has 0 aliphatic carbocycles. The standard InChI is InChI=1S/C22H25NO/c1-4-10-19(21(24)16-11-6-5-7-12-16)20-18-14-9-8-13-17(18)15-22(2,3)23-20/h5-9,11-14,19H,4,10,15H2,1-3H3. The van der Waals surface area contributed by atoms with E-state index in [-0.39, 0.29) is 17.2 Å². The molecule has 1 aliphatic heterocycles. The minimum atomic E-state index is -0.168. The Morgan fingerprint density at radius 1 is 1.08 bits per heavy atom. The monoisotopic (exact) mass is 319 g/mol. The lowest BCUT2D eigenvalue weighted by Gasteiger charge is -2.32. The molecule has 1 atom stereocenters. The molecule has 2 heteroatoms. The van der Waals surface area contributed by atoms with E-state index < -0.39 is 0 Å². The molecule has 1 heterocycles. The third-order valence-electron chi connectivity index (χ3n) is 4.62. The largest absolute Gasteiger partial charge is 0.293 e. The summed E-state index contributed by atoms with van der Waals surface area (Å²) < 4.78 is 0. The molecule has 2 aromatic rings. The predicted molar refractivity (Wildman–Crippen MR) is 99.9 cm³/mol. The number of Topliss-reactive ketones (excluding diaryl/α,β-unsaturated/α-hetero) is 1. The molecule has 124 valence electrons. The van der Waals surface area contributed by atoms with Crippen molar-refractivity contribution < 1.29 is 4.79 Å². The molecule has 0 saturated carbocycles. The Hall–Kier alpha value is -2.22. The van der Waals surface area contributed by atoms with E-state index in [9.17, 15) is 4.79 Å². The van der Waals surface area contributed by atoms with E-state index in [1.165, 1.54) is 5.56 Å². The number of hydrogen-bond acceptors (Lipinski definition) is 2. The molecule has 1 unspecified atom stereocenters. The summed E-state index contributed by atoms with van der Waals surface area (Å²) in [5, 5.41) is 0. The average molecular weight is 319 g/mol. The predicted octanol–water partition coefficient (Wildman–Crippen LogP) is 5.11. The molecule has 0 aromatic heterocycles. The molecular formula is C22H25NO. The Morgan fingerprint density at radius 3 is 2.46 bits per heavy atom. The van der Waals surface area contributed by atoms with Gasteiger partial charge in [0.1, 0.15) is 0 Å². The molecule has 1 aliphatic rings. The fraction of sp³-hybridized carbons (Fsp3) is 0.364. The highest BCUT2D eigenvalue weighted by molar-refractivity contribution is 6.19. The van der Waals surface area contributed by atoms with Gasteiger partial charge in [0.25, 0.3) is 0 Å². The fourth-order valence-electron chi connectivity index (χ4n) is 3.57. The number of ketones is 1. The van der Waals surface area contributed by atoms with E-state index in [0.29, 0.717) is 0 Å². The van der Waals surface area contributed by atoms with E-state index in [4.69, 9.17) is 4.99 Å². The molecule has 0 bridgehead atoms. The van der Waals surface area contributed by atoms with Crippen LogP contribution in [0.5, 0.6) is 0 Å². The summed E-state index contributed by atoms with van der Waals surface area (Å²) in [6.45, 7) is 6.43. The van der Waals surface area contributed by atoms with Gasteiger partial charge in [-0.25, -0.2) is 0 Å². The fourth-order valence-corrected chi connectivity index (χ4v) is 3.57. The summed E-state index contributed by atoms with van der Waals surface area (Å²) in [6.07, 6.45) is 2.72. The van der Waals surface area contributed by atoms with Gasteiger partial charge in [-0.15, -0.1) is 0 Å². The first-order valence-corrected chi connectivity index (χ1v) is 8.79. The lowest BCUT2D eigenvalue weighted by atomic mass is 9.79. The van der Waals surface area contributed by atoms with Crippen molar-refractivity contribution in [3.63, 3.8) is 0 Å². The molecule has 0 saturated heterocycles. The minimum Gasteiger partial charge on any atom is -0.293 e. The summed E-state index contributed by atoms with van der Waals surface area (Å²) >= 11 is 0. The van der Waals surface area contributed by atoms with E-state index in [1.54, 1.807) is 0 Å². The van der Waals surface area contributed by atoms with Crippen molar-refractivity contribution in [2.24, 2.45) is 10.9 Å². The number of benzene rings is 2. The molecule has 0 fully saturated rings. The van der Waals surface area contributed by atoms with Crippen molar-refractivity contribution in [1.82, 2.24) is 0 Å². The SMILES string of the molecule is CCCC(C(=O)c1ccccc1)C1=NC(C)(C)Cc2ccccc21. The highest BCUT2D eigenvalue weighted by atomic mass is 16.1. The van der Waals surface area contributed by atoms with Gasteiger partial charge >= 0.3 is 0 Å². The molecule has 2 aromatic carbocycles. The zero-order valence-corrected chi connectivity index (χ0v) is 14.8. The smallest absolute Gasteiger partial charge is 0.171 e. The van der Waals surface area contributed by atoms with Gasteiger partial charge in [0.05, 0.1) is 17.2 Å². The first-order chi connectivity index (χ1) is 11.5. The van der Waals surface area contributed by atoms with Crippen molar-refractivity contribution in [3.8, 4) is 0 Å². The van der Waals surface area contributed by atoms with Crippen LogP contribution in [0.15, 0.2) is 59.6 Å². The molecule has 0 spiro atoms. The Kier molecular flexibility index (Phi) is 4.66. The van der Waals surface area contributed by atoms with E-state index in [2.05, 4.69) is 39.0 Å². The van der Waals surface area contributed by atoms with Gasteiger partial charge in [-0.1, -0.05) is 67.9 Å². The third kappa shape index (κ3) is 3.33. The van der Waals surface area contributed by atoms with Gasteiger partial charge in [0.15, 0.2) is 5.78 Å². The molecule has 3 rings (SSSR count). The van der Waals surface area contributed by atoms with E-state index in [0.717, 1.165) is 36.1 Å². The van der Waals surface area contributed by atoms with Crippen molar-refractivity contribution in [2.75, 3.05) is 0 Å². The van der Waals surface area contributed by atoms with Crippen molar-refractivity contribution in [3.05, 3.63) is 71.3 Å². The number of fused-ring (bicyclic) bond motifs is 1. The first kappa shape index (κ1) is 16.6. The summed E-state index contributed by atoms with van der Waals surface area (Å²) in [7, 11) is 0. The van der Waals surface area contributed by atoms with Crippen molar-refractivity contribution in [2.45, 2.75) is 45.6 Å². The van der Waals surface area contributed by atoms with Crippen LogP contribution in [0.3, 0.4) is 0 Å². The van der Waals surface area contributed by atoms with Gasteiger partial charge in [-0.05, 0) is 37.8 Å². The Labute approximate surface area is 144 Å². The molecule has 0 amide bonds. The number of nitrogens with zero attached hydrogens (tertiary/aromatic N) is 1. The second kappa shape index (κ2) is 6.72. The van der Waals surface area contributed by atoms with Gasteiger partial charge in [0.2, 0.25) is 0 Å². The van der Waals surface area contributed by atoms with Crippen LogP contribution in [0, 0.1) is 5.92 Å².